The van der Waals surface area contributed by atoms with E-state index in [0.29, 0.717) is 25.0 Å². The summed E-state index contributed by atoms with van der Waals surface area (Å²) in [5.74, 6) is 0. The molecule has 7 heteroatoms. The highest BCUT2D eigenvalue weighted by Gasteiger charge is 2.29. The third-order valence-corrected chi connectivity index (χ3v) is 2.93. The van der Waals surface area contributed by atoms with Gasteiger partial charge in [-0.2, -0.15) is 5.10 Å². The fraction of sp³-hybridized carbons (Fsp3) is 0.700. The van der Waals surface area contributed by atoms with Gasteiger partial charge in [0.1, 0.15) is 24.2 Å². The topological polar surface area (TPSA) is 70.2 Å². The molecule has 1 aliphatic rings. The molecule has 2 rings (SSSR count). The molecule has 1 aliphatic heterocycles. The molecule has 2 heterocycles. The van der Waals surface area contributed by atoms with E-state index in [1.54, 1.807) is 7.05 Å². The molecule has 6 nitrogen and oxygen atoms in total. The Morgan fingerprint density at radius 2 is 2.41 bits per heavy atom. The van der Waals surface area contributed by atoms with Gasteiger partial charge in [-0.3, -0.25) is 14.8 Å². The Morgan fingerprint density at radius 3 is 3.12 bits per heavy atom. The number of aromatic nitrogens is 2. The van der Waals surface area contributed by atoms with E-state index in [9.17, 15) is 14.5 Å². The highest BCUT2D eigenvalue weighted by Crippen LogP contribution is 2.33. The van der Waals surface area contributed by atoms with Gasteiger partial charge in [0.05, 0.1) is 11.5 Å². The van der Waals surface area contributed by atoms with E-state index in [0.717, 1.165) is 0 Å². The van der Waals surface area contributed by atoms with E-state index in [-0.39, 0.29) is 12.3 Å². The van der Waals surface area contributed by atoms with Gasteiger partial charge in [0, 0.05) is 7.05 Å². The van der Waals surface area contributed by atoms with E-state index in [1.165, 1.54) is 10.9 Å². The van der Waals surface area contributed by atoms with Crippen LogP contribution in [0.5, 0.6) is 0 Å². The van der Waals surface area contributed by atoms with E-state index in [2.05, 4.69) is 5.10 Å². The zero-order chi connectivity index (χ0) is 12.4. The number of nitrogens with zero attached hydrogens (tertiary/aromatic N) is 3. The lowest BCUT2D eigenvalue weighted by Gasteiger charge is -2.14. The molecule has 17 heavy (non-hydrogen) atoms. The number of rotatable bonds is 2. The van der Waals surface area contributed by atoms with Crippen LogP contribution in [0.25, 0.3) is 0 Å². The molecule has 94 valence electrons. The summed E-state index contributed by atoms with van der Waals surface area (Å²) in [4.78, 5) is 10.4. The van der Waals surface area contributed by atoms with E-state index < -0.39 is 17.2 Å². The number of ether oxygens (including phenoxy) is 1. The molecule has 1 fully saturated rings. The maximum absolute atomic E-state index is 13.1. The Bertz CT molecular complexity index is 421. The van der Waals surface area contributed by atoms with Crippen molar-refractivity contribution in [1.29, 1.82) is 0 Å². The molecule has 0 amide bonds. The number of hydrogen-bond acceptors (Lipinski definition) is 4. The van der Waals surface area contributed by atoms with Crippen molar-refractivity contribution >= 4 is 5.69 Å². The van der Waals surface area contributed by atoms with Gasteiger partial charge < -0.3 is 4.74 Å². The Labute approximate surface area is 97.5 Å². The summed E-state index contributed by atoms with van der Waals surface area (Å²) in [6, 6.07) is 0. The molecular formula is C10H14FN3O3. The van der Waals surface area contributed by atoms with Crippen molar-refractivity contribution in [3.05, 3.63) is 22.0 Å². The molecule has 0 spiro atoms. The monoisotopic (exact) mass is 243 g/mol. The Morgan fingerprint density at radius 1 is 1.65 bits per heavy atom. The van der Waals surface area contributed by atoms with Gasteiger partial charge in [0.25, 0.3) is 0 Å². The van der Waals surface area contributed by atoms with Crippen LogP contribution < -0.4 is 0 Å². The maximum atomic E-state index is 13.1. The third kappa shape index (κ3) is 2.44. The van der Waals surface area contributed by atoms with Crippen LogP contribution in [0.2, 0.25) is 0 Å². The molecule has 0 radical (unpaired) electrons. The van der Waals surface area contributed by atoms with E-state index >= 15 is 0 Å². The van der Waals surface area contributed by atoms with E-state index in [4.69, 9.17) is 4.74 Å². The minimum atomic E-state index is -0.979. The summed E-state index contributed by atoms with van der Waals surface area (Å²) >= 11 is 0. The molecule has 2 atom stereocenters. The summed E-state index contributed by atoms with van der Waals surface area (Å²) in [6.45, 7) is -0.00694. The van der Waals surface area contributed by atoms with Gasteiger partial charge in [-0.1, -0.05) is 0 Å². The fourth-order valence-corrected chi connectivity index (χ4v) is 2.08. The summed E-state index contributed by atoms with van der Waals surface area (Å²) in [6.07, 6.45) is 1.48. The SMILES string of the molecule is Cn1ncc([N+](=O)[O-])c1[C@@H]1CCC[C@H](F)CO1. The third-order valence-electron chi connectivity index (χ3n) is 2.93. The lowest BCUT2D eigenvalue weighted by molar-refractivity contribution is -0.386. The van der Waals surface area contributed by atoms with Crippen molar-refractivity contribution in [2.45, 2.75) is 31.5 Å². The van der Waals surface area contributed by atoms with Gasteiger partial charge in [-0.25, -0.2) is 4.39 Å². The summed E-state index contributed by atoms with van der Waals surface area (Å²) < 4.78 is 20.0. The first-order valence-electron chi connectivity index (χ1n) is 5.51. The average Bonchev–Trinajstić information content (AvgIpc) is 2.52. The largest absolute Gasteiger partial charge is 0.369 e. The zero-order valence-corrected chi connectivity index (χ0v) is 9.50. The summed E-state index contributed by atoms with van der Waals surface area (Å²) in [5, 5.41) is 14.7. The van der Waals surface area contributed by atoms with Crippen LogP contribution in [0.3, 0.4) is 0 Å². The van der Waals surface area contributed by atoms with Crippen LogP contribution >= 0.6 is 0 Å². The highest BCUT2D eigenvalue weighted by atomic mass is 19.1. The molecule has 0 bridgehead atoms. The highest BCUT2D eigenvalue weighted by molar-refractivity contribution is 5.34. The predicted molar refractivity (Wildman–Crippen MR) is 57.3 cm³/mol. The molecule has 0 unspecified atom stereocenters. The van der Waals surface area contributed by atoms with Crippen LogP contribution in [-0.2, 0) is 11.8 Å². The Kier molecular flexibility index (Phi) is 3.37. The first-order chi connectivity index (χ1) is 8.09. The molecule has 0 saturated carbocycles. The van der Waals surface area contributed by atoms with Crippen molar-refractivity contribution in [2.75, 3.05) is 6.61 Å². The van der Waals surface area contributed by atoms with Gasteiger partial charge >= 0.3 is 5.69 Å². The predicted octanol–water partition coefficient (Wildman–Crippen LogP) is 1.91. The first kappa shape index (κ1) is 12.0. The summed E-state index contributed by atoms with van der Waals surface area (Å²) in [5.41, 5.74) is 0.360. The van der Waals surface area contributed by atoms with Crippen molar-refractivity contribution in [1.82, 2.24) is 9.78 Å². The molecule has 0 aliphatic carbocycles. The van der Waals surface area contributed by atoms with Crippen LogP contribution in [0.1, 0.15) is 31.1 Å². The van der Waals surface area contributed by atoms with Crippen molar-refractivity contribution in [2.24, 2.45) is 7.05 Å². The first-order valence-corrected chi connectivity index (χ1v) is 5.51. The van der Waals surface area contributed by atoms with Crippen molar-refractivity contribution in [3.63, 3.8) is 0 Å². The average molecular weight is 243 g/mol. The van der Waals surface area contributed by atoms with Gasteiger partial charge in [-0.15, -0.1) is 0 Å². The molecule has 0 N–H and O–H groups in total. The maximum Gasteiger partial charge on any atom is 0.312 e. The number of nitro groups is 1. The molecular weight excluding hydrogens is 229 g/mol. The second-order valence-electron chi connectivity index (χ2n) is 4.15. The smallest absolute Gasteiger partial charge is 0.312 e. The number of hydrogen-bond donors (Lipinski definition) is 0. The number of halogens is 1. The minimum Gasteiger partial charge on any atom is -0.369 e. The molecule has 1 saturated heterocycles. The van der Waals surface area contributed by atoms with Crippen LogP contribution in [0.15, 0.2) is 6.20 Å². The van der Waals surface area contributed by atoms with Crippen molar-refractivity contribution < 1.29 is 14.1 Å². The van der Waals surface area contributed by atoms with E-state index in [1.807, 2.05) is 0 Å². The number of aryl methyl sites for hydroxylation is 1. The minimum absolute atomic E-state index is 0.00694. The standard InChI is InChI=1S/C10H14FN3O3/c1-13-10(8(5-12-13)14(15)16)9-4-2-3-7(11)6-17-9/h5,7,9H,2-4,6H2,1H3/t7-,9-/m0/s1. The van der Waals surface area contributed by atoms with Gasteiger partial charge in [0.15, 0.2) is 0 Å². The normalized spacial score (nSPS) is 25.5. The second-order valence-corrected chi connectivity index (χ2v) is 4.15. The van der Waals surface area contributed by atoms with Crippen LogP contribution in [0, 0.1) is 10.1 Å². The van der Waals surface area contributed by atoms with Crippen LogP contribution in [0.4, 0.5) is 10.1 Å². The lowest BCUT2D eigenvalue weighted by atomic mass is 10.1. The second kappa shape index (κ2) is 4.79. The van der Waals surface area contributed by atoms with Gasteiger partial charge in [-0.05, 0) is 19.3 Å². The fourth-order valence-electron chi connectivity index (χ4n) is 2.08. The lowest BCUT2D eigenvalue weighted by Crippen LogP contribution is -2.13. The number of alkyl halides is 1. The zero-order valence-electron chi connectivity index (χ0n) is 9.50. The van der Waals surface area contributed by atoms with Crippen molar-refractivity contribution in [3.8, 4) is 0 Å². The van der Waals surface area contributed by atoms with Gasteiger partial charge in [0.2, 0.25) is 0 Å². The summed E-state index contributed by atoms with van der Waals surface area (Å²) in [7, 11) is 1.63. The quantitative estimate of drug-likeness (QED) is 0.587. The Hall–Kier alpha value is -1.50. The van der Waals surface area contributed by atoms with Crippen LogP contribution in [-0.4, -0.2) is 27.5 Å². The Balaban J connectivity index is 2.26. The molecule has 1 aromatic rings. The molecule has 1 aromatic heterocycles. The molecule has 0 aromatic carbocycles.